The molecule has 0 bridgehead atoms. The first-order valence-corrected chi connectivity index (χ1v) is 9.45. The highest BCUT2D eigenvalue weighted by Crippen LogP contribution is 2.21. The first-order chi connectivity index (χ1) is 12.4. The Labute approximate surface area is 155 Å². The van der Waals surface area contributed by atoms with Crippen LogP contribution in [-0.4, -0.2) is 61.9 Å². The maximum absolute atomic E-state index is 12.7. The summed E-state index contributed by atoms with van der Waals surface area (Å²) in [6.45, 7) is 13.6. The zero-order valence-corrected chi connectivity index (χ0v) is 16.3. The molecule has 0 spiro atoms. The van der Waals surface area contributed by atoms with Crippen LogP contribution >= 0.6 is 0 Å². The molecule has 3 heterocycles. The molecule has 1 amide bonds. The minimum absolute atomic E-state index is 0.0552. The van der Waals surface area contributed by atoms with Crippen molar-refractivity contribution < 1.29 is 4.79 Å². The summed E-state index contributed by atoms with van der Waals surface area (Å²) in [5.74, 6) is 0.0862. The molecule has 0 atom stereocenters. The Bertz CT molecular complexity index is 741. The zero-order chi connectivity index (χ0) is 18.7. The van der Waals surface area contributed by atoms with Gasteiger partial charge in [-0.05, 0) is 19.4 Å². The molecule has 26 heavy (non-hydrogen) atoms. The van der Waals surface area contributed by atoms with Gasteiger partial charge in [0.15, 0.2) is 0 Å². The Morgan fingerprint density at radius 3 is 2.69 bits per heavy atom. The van der Waals surface area contributed by atoms with Gasteiger partial charge in [0.05, 0.1) is 17.5 Å². The summed E-state index contributed by atoms with van der Waals surface area (Å²) in [5.41, 5.74) is 2.97. The fraction of sp³-hybridized carbons (Fsp3) is 0.632. The molecule has 1 saturated heterocycles. The maximum atomic E-state index is 12.7. The fourth-order valence-electron chi connectivity index (χ4n) is 3.23. The highest BCUT2D eigenvalue weighted by atomic mass is 16.2. The van der Waals surface area contributed by atoms with Gasteiger partial charge in [0.2, 0.25) is 0 Å². The van der Waals surface area contributed by atoms with Gasteiger partial charge < -0.3 is 4.90 Å². The monoisotopic (exact) mass is 358 g/mol. The van der Waals surface area contributed by atoms with E-state index in [4.69, 9.17) is 0 Å². The predicted molar refractivity (Wildman–Crippen MR) is 101 cm³/mol. The Morgan fingerprint density at radius 1 is 1.23 bits per heavy atom. The van der Waals surface area contributed by atoms with Crippen LogP contribution in [-0.2, 0) is 18.5 Å². The molecular formula is C19H30N6O. The van der Waals surface area contributed by atoms with E-state index in [1.54, 1.807) is 10.9 Å². The van der Waals surface area contributed by atoms with Gasteiger partial charge in [-0.1, -0.05) is 20.8 Å². The number of hydrogen-bond acceptors (Lipinski definition) is 4. The molecule has 1 fully saturated rings. The second-order valence-corrected chi connectivity index (χ2v) is 8.04. The molecule has 1 aliphatic rings. The van der Waals surface area contributed by atoms with Crippen molar-refractivity contribution in [1.29, 1.82) is 0 Å². The second kappa shape index (κ2) is 7.61. The molecule has 3 rings (SSSR count). The summed E-state index contributed by atoms with van der Waals surface area (Å²) in [6.07, 6.45) is 4.49. The molecular weight excluding hydrogens is 328 g/mol. The number of rotatable bonds is 4. The number of aromatic nitrogens is 4. The third kappa shape index (κ3) is 4.33. The van der Waals surface area contributed by atoms with Gasteiger partial charge >= 0.3 is 0 Å². The van der Waals surface area contributed by atoms with Crippen molar-refractivity contribution in [1.82, 2.24) is 29.8 Å². The maximum Gasteiger partial charge on any atom is 0.257 e. The number of aromatic amines is 1. The van der Waals surface area contributed by atoms with Gasteiger partial charge in [-0.25, -0.2) is 0 Å². The highest BCUT2D eigenvalue weighted by Gasteiger charge is 2.22. The van der Waals surface area contributed by atoms with E-state index < -0.39 is 0 Å². The minimum atomic E-state index is 0.0552. The van der Waals surface area contributed by atoms with E-state index in [9.17, 15) is 4.79 Å². The topological polar surface area (TPSA) is 70.1 Å². The SMILES string of the molecule is CCn1cc(C(=O)N2CCCN(Cc3cc(C(C)(C)C)n[nH]3)CC2)cn1. The summed E-state index contributed by atoms with van der Waals surface area (Å²) in [7, 11) is 0. The van der Waals surface area contributed by atoms with Gasteiger partial charge in [-0.3, -0.25) is 19.5 Å². The molecule has 7 nitrogen and oxygen atoms in total. The van der Waals surface area contributed by atoms with Crippen molar-refractivity contribution in [2.24, 2.45) is 0 Å². The minimum Gasteiger partial charge on any atom is -0.337 e. The second-order valence-electron chi connectivity index (χ2n) is 8.04. The van der Waals surface area contributed by atoms with Crippen LogP contribution in [0.3, 0.4) is 0 Å². The third-order valence-corrected chi connectivity index (χ3v) is 4.87. The van der Waals surface area contributed by atoms with E-state index in [1.165, 1.54) is 0 Å². The lowest BCUT2D eigenvalue weighted by Gasteiger charge is -2.21. The molecule has 142 valence electrons. The normalized spacial score (nSPS) is 16.7. The molecule has 1 N–H and O–H groups in total. The van der Waals surface area contributed by atoms with E-state index in [0.29, 0.717) is 5.56 Å². The molecule has 1 aliphatic heterocycles. The number of hydrogen-bond donors (Lipinski definition) is 1. The number of nitrogens with zero attached hydrogens (tertiary/aromatic N) is 5. The van der Waals surface area contributed by atoms with E-state index in [1.807, 2.05) is 18.0 Å². The lowest BCUT2D eigenvalue weighted by Crippen LogP contribution is -2.35. The molecule has 0 aliphatic carbocycles. The van der Waals surface area contributed by atoms with Gasteiger partial charge in [-0.2, -0.15) is 10.2 Å². The molecule has 2 aromatic rings. The van der Waals surface area contributed by atoms with E-state index in [2.05, 4.69) is 47.0 Å². The summed E-state index contributed by atoms with van der Waals surface area (Å²) in [6, 6.07) is 2.16. The van der Waals surface area contributed by atoms with Crippen molar-refractivity contribution in [2.75, 3.05) is 26.2 Å². The van der Waals surface area contributed by atoms with Gasteiger partial charge in [-0.15, -0.1) is 0 Å². The molecule has 7 heteroatoms. The molecule has 0 radical (unpaired) electrons. The Morgan fingerprint density at radius 2 is 2.04 bits per heavy atom. The average molecular weight is 358 g/mol. The van der Waals surface area contributed by atoms with Gasteiger partial charge in [0.1, 0.15) is 0 Å². The number of carbonyl (C=O) groups excluding carboxylic acids is 1. The third-order valence-electron chi connectivity index (χ3n) is 4.87. The molecule has 2 aromatic heterocycles. The standard InChI is InChI=1S/C19H30N6O/c1-5-25-13-15(12-20-25)18(26)24-8-6-7-23(9-10-24)14-16-11-17(22-21-16)19(2,3)4/h11-13H,5-10,14H2,1-4H3,(H,21,22). The lowest BCUT2D eigenvalue weighted by molar-refractivity contribution is 0.0761. The number of aryl methyl sites for hydroxylation is 1. The van der Waals surface area contributed by atoms with E-state index in [0.717, 1.165) is 57.1 Å². The van der Waals surface area contributed by atoms with Crippen LogP contribution in [0.15, 0.2) is 18.5 Å². The Hall–Kier alpha value is -2.15. The van der Waals surface area contributed by atoms with Crippen LogP contribution in [0, 0.1) is 0 Å². The number of nitrogens with one attached hydrogen (secondary N) is 1. The number of amides is 1. The van der Waals surface area contributed by atoms with Crippen LogP contribution in [0.5, 0.6) is 0 Å². The lowest BCUT2D eigenvalue weighted by atomic mass is 9.92. The van der Waals surface area contributed by atoms with Gasteiger partial charge in [0.25, 0.3) is 5.91 Å². The van der Waals surface area contributed by atoms with Crippen LogP contribution in [0.4, 0.5) is 0 Å². The first kappa shape index (κ1) is 18.6. The van der Waals surface area contributed by atoms with Crippen LogP contribution in [0.25, 0.3) is 0 Å². The first-order valence-electron chi connectivity index (χ1n) is 9.45. The van der Waals surface area contributed by atoms with Crippen LogP contribution in [0.2, 0.25) is 0 Å². The Kier molecular flexibility index (Phi) is 5.46. The zero-order valence-electron chi connectivity index (χ0n) is 16.3. The van der Waals surface area contributed by atoms with E-state index in [-0.39, 0.29) is 11.3 Å². The van der Waals surface area contributed by atoms with Crippen molar-refractivity contribution in [3.63, 3.8) is 0 Å². The van der Waals surface area contributed by atoms with Crippen LogP contribution < -0.4 is 0 Å². The molecule has 0 unspecified atom stereocenters. The number of H-pyrrole nitrogens is 1. The summed E-state index contributed by atoms with van der Waals surface area (Å²) >= 11 is 0. The molecule has 0 saturated carbocycles. The van der Waals surface area contributed by atoms with Crippen LogP contribution in [0.1, 0.15) is 55.9 Å². The highest BCUT2D eigenvalue weighted by molar-refractivity contribution is 5.93. The van der Waals surface area contributed by atoms with Crippen molar-refractivity contribution in [3.8, 4) is 0 Å². The quantitative estimate of drug-likeness (QED) is 0.910. The summed E-state index contributed by atoms with van der Waals surface area (Å²) in [5, 5.41) is 11.8. The van der Waals surface area contributed by atoms with Crippen molar-refractivity contribution >= 4 is 5.91 Å². The summed E-state index contributed by atoms with van der Waals surface area (Å²) < 4.78 is 1.79. The number of carbonyl (C=O) groups is 1. The van der Waals surface area contributed by atoms with Crippen molar-refractivity contribution in [2.45, 2.75) is 52.6 Å². The van der Waals surface area contributed by atoms with Crippen molar-refractivity contribution in [3.05, 3.63) is 35.4 Å². The average Bonchev–Trinajstić information content (AvgIpc) is 3.20. The molecule has 0 aromatic carbocycles. The smallest absolute Gasteiger partial charge is 0.257 e. The van der Waals surface area contributed by atoms with E-state index >= 15 is 0 Å². The predicted octanol–water partition coefficient (Wildman–Crippen LogP) is 2.27. The summed E-state index contributed by atoms with van der Waals surface area (Å²) in [4.78, 5) is 17.0. The fourth-order valence-corrected chi connectivity index (χ4v) is 3.23. The largest absolute Gasteiger partial charge is 0.337 e. The Balaban J connectivity index is 1.58. The van der Waals surface area contributed by atoms with Gasteiger partial charge in [0, 0.05) is 56.6 Å².